The average Bonchev–Trinajstić information content (AvgIpc) is 2.66. The van der Waals surface area contributed by atoms with Gasteiger partial charge in [-0.2, -0.15) is 0 Å². The van der Waals surface area contributed by atoms with Gasteiger partial charge in [-0.05, 0) is 25.1 Å². The quantitative estimate of drug-likeness (QED) is 0.839. The number of nitrogens with one attached hydrogen (secondary N) is 2. The molecule has 3 nitrogen and oxygen atoms in total. The number of anilines is 1. The van der Waals surface area contributed by atoms with Crippen molar-refractivity contribution in [1.82, 2.24) is 9.97 Å². The first kappa shape index (κ1) is 10.6. The smallest absolute Gasteiger partial charge is 0.146 e. The maximum Gasteiger partial charge on any atom is 0.146 e. The van der Waals surface area contributed by atoms with Gasteiger partial charge in [0.1, 0.15) is 11.6 Å². The molecule has 0 unspecified atom stereocenters. The zero-order valence-electron chi connectivity index (χ0n) is 8.72. The molecule has 0 radical (unpaired) electrons. The van der Waals surface area contributed by atoms with Crippen molar-refractivity contribution in [3.8, 4) is 0 Å². The SMILES string of the molecule is Cc1[nH]cnc1CNc1cc(F)ccc1F. The number of halogens is 2. The molecule has 0 amide bonds. The molecule has 16 heavy (non-hydrogen) atoms. The molecule has 0 spiro atoms. The van der Waals surface area contributed by atoms with Gasteiger partial charge in [0.25, 0.3) is 0 Å². The van der Waals surface area contributed by atoms with Crippen molar-refractivity contribution < 1.29 is 8.78 Å². The number of hydrogen-bond donors (Lipinski definition) is 2. The second-order valence-corrected chi connectivity index (χ2v) is 3.45. The maximum absolute atomic E-state index is 13.2. The second-order valence-electron chi connectivity index (χ2n) is 3.45. The van der Waals surface area contributed by atoms with E-state index in [9.17, 15) is 8.78 Å². The number of imidazole rings is 1. The standard InChI is InChI=1S/C11H11F2N3/c1-7-11(16-6-15-7)5-14-10-4-8(12)2-3-9(10)13/h2-4,6,14H,5H2,1H3,(H,15,16). The van der Waals surface area contributed by atoms with Gasteiger partial charge in [-0.3, -0.25) is 0 Å². The highest BCUT2D eigenvalue weighted by atomic mass is 19.1. The van der Waals surface area contributed by atoms with E-state index in [1.807, 2.05) is 6.92 Å². The summed E-state index contributed by atoms with van der Waals surface area (Å²) in [5.74, 6) is -0.947. The maximum atomic E-state index is 13.2. The first-order valence-corrected chi connectivity index (χ1v) is 4.84. The van der Waals surface area contributed by atoms with Crippen molar-refractivity contribution in [3.05, 3.63) is 47.5 Å². The Bertz CT molecular complexity index is 494. The Labute approximate surface area is 91.5 Å². The first-order chi connectivity index (χ1) is 7.66. The summed E-state index contributed by atoms with van der Waals surface area (Å²) in [4.78, 5) is 6.96. The molecule has 1 aromatic heterocycles. The minimum absolute atomic E-state index is 0.141. The summed E-state index contributed by atoms with van der Waals surface area (Å²) in [7, 11) is 0. The number of H-pyrrole nitrogens is 1. The van der Waals surface area contributed by atoms with Crippen LogP contribution in [0, 0.1) is 18.6 Å². The molecule has 2 rings (SSSR count). The van der Waals surface area contributed by atoms with Crippen LogP contribution < -0.4 is 5.32 Å². The van der Waals surface area contributed by atoms with E-state index in [-0.39, 0.29) is 5.69 Å². The number of benzene rings is 1. The van der Waals surface area contributed by atoms with Gasteiger partial charge in [0.2, 0.25) is 0 Å². The van der Waals surface area contributed by atoms with Crippen molar-refractivity contribution in [2.45, 2.75) is 13.5 Å². The summed E-state index contributed by atoms with van der Waals surface area (Å²) in [5, 5.41) is 2.80. The van der Waals surface area contributed by atoms with Crippen LogP contribution in [0.25, 0.3) is 0 Å². The molecule has 5 heteroatoms. The van der Waals surface area contributed by atoms with Crippen molar-refractivity contribution in [2.75, 3.05) is 5.32 Å². The van der Waals surface area contributed by atoms with Gasteiger partial charge in [-0.15, -0.1) is 0 Å². The Hall–Kier alpha value is -1.91. The molecular formula is C11H11F2N3. The molecule has 1 aromatic carbocycles. The predicted octanol–water partition coefficient (Wildman–Crippen LogP) is 2.61. The predicted molar refractivity (Wildman–Crippen MR) is 57.0 cm³/mol. The summed E-state index contributed by atoms with van der Waals surface area (Å²) in [6, 6.07) is 3.30. The molecule has 0 aliphatic carbocycles. The molecule has 0 bridgehead atoms. The van der Waals surface area contributed by atoms with Crippen molar-refractivity contribution in [2.24, 2.45) is 0 Å². The van der Waals surface area contributed by atoms with Gasteiger partial charge in [0.05, 0.1) is 24.3 Å². The molecule has 0 saturated carbocycles. The Morgan fingerprint density at radius 3 is 2.88 bits per heavy atom. The van der Waals surface area contributed by atoms with Gasteiger partial charge in [-0.25, -0.2) is 13.8 Å². The van der Waals surface area contributed by atoms with E-state index in [0.717, 1.165) is 29.6 Å². The van der Waals surface area contributed by atoms with Crippen LogP contribution in [-0.2, 0) is 6.54 Å². The third kappa shape index (κ3) is 2.18. The number of hydrogen-bond acceptors (Lipinski definition) is 2. The third-order valence-corrected chi connectivity index (χ3v) is 2.31. The summed E-state index contributed by atoms with van der Waals surface area (Å²) in [6.45, 7) is 2.22. The molecule has 2 N–H and O–H groups in total. The summed E-state index contributed by atoms with van der Waals surface area (Å²) >= 11 is 0. The van der Waals surface area contributed by atoms with E-state index >= 15 is 0 Å². The minimum Gasteiger partial charge on any atom is -0.377 e. The first-order valence-electron chi connectivity index (χ1n) is 4.84. The molecule has 2 aromatic rings. The fourth-order valence-corrected chi connectivity index (χ4v) is 1.38. The zero-order chi connectivity index (χ0) is 11.5. The van der Waals surface area contributed by atoms with Crippen LogP contribution in [0.15, 0.2) is 24.5 Å². The number of aryl methyl sites for hydroxylation is 1. The van der Waals surface area contributed by atoms with E-state index < -0.39 is 11.6 Å². The van der Waals surface area contributed by atoms with Crippen LogP contribution in [0.3, 0.4) is 0 Å². The Morgan fingerprint density at radius 1 is 1.38 bits per heavy atom. The lowest BCUT2D eigenvalue weighted by Crippen LogP contribution is -2.03. The second kappa shape index (κ2) is 4.30. The van der Waals surface area contributed by atoms with E-state index in [0.29, 0.717) is 6.54 Å². The van der Waals surface area contributed by atoms with Crippen LogP contribution in [-0.4, -0.2) is 9.97 Å². The van der Waals surface area contributed by atoms with Gasteiger partial charge in [0, 0.05) is 5.69 Å². The highest BCUT2D eigenvalue weighted by Gasteiger charge is 2.05. The molecule has 0 aliphatic heterocycles. The molecule has 0 saturated heterocycles. The van der Waals surface area contributed by atoms with Crippen LogP contribution in [0.5, 0.6) is 0 Å². The van der Waals surface area contributed by atoms with E-state index in [1.54, 1.807) is 6.33 Å². The number of aromatic amines is 1. The Kier molecular flexibility index (Phi) is 2.85. The van der Waals surface area contributed by atoms with Crippen LogP contribution in [0.2, 0.25) is 0 Å². The fourth-order valence-electron chi connectivity index (χ4n) is 1.38. The van der Waals surface area contributed by atoms with E-state index in [1.165, 1.54) is 0 Å². The molecule has 84 valence electrons. The van der Waals surface area contributed by atoms with Crippen molar-refractivity contribution >= 4 is 5.69 Å². The highest BCUT2D eigenvalue weighted by Crippen LogP contribution is 2.16. The van der Waals surface area contributed by atoms with Crippen LogP contribution in [0.1, 0.15) is 11.4 Å². The number of rotatable bonds is 3. The monoisotopic (exact) mass is 223 g/mol. The van der Waals surface area contributed by atoms with Gasteiger partial charge in [0.15, 0.2) is 0 Å². The third-order valence-electron chi connectivity index (χ3n) is 2.31. The average molecular weight is 223 g/mol. The van der Waals surface area contributed by atoms with Gasteiger partial charge < -0.3 is 10.3 Å². The topological polar surface area (TPSA) is 40.7 Å². The van der Waals surface area contributed by atoms with Gasteiger partial charge in [-0.1, -0.05) is 0 Å². The zero-order valence-corrected chi connectivity index (χ0v) is 8.72. The van der Waals surface area contributed by atoms with Crippen molar-refractivity contribution in [1.29, 1.82) is 0 Å². The summed E-state index contributed by atoms with van der Waals surface area (Å²) < 4.78 is 26.1. The molecule has 0 fully saturated rings. The number of aromatic nitrogens is 2. The Morgan fingerprint density at radius 2 is 2.19 bits per heavy atom. The summed E-state index contributed by atoms with van der Waals surface area (Å²) in [6.07, 6.45) is 1.56. The van der Waals surface area contributed by atoms with Gasteiger partial charge >= 0.3 is 0 Å². The number of nitrogens with zero attached hydrogens (tertiary/aromatic N) is 1. The van der Waals surface area contributed by atoms with E-state index in [2.05, 4.69) is 15.3 Å². The molecular weight excluding hydrogens is 212 g/mol. The van der Waals surface area contributed by atoms with Crippen molar-refractivity contribution in [3.63, 3.8) is 0 Å². The lowest BCUT2D eigenvalue weighted by atomic mass is 10.2. The van der Waals surface area contributed by atoms with Crippen LogP contribution >= 0.6 is 0 Å². The highest BCUT2D eigenvalue weighted by molar-refractivity contribution is 5.45. The lowest BCUT2D eigenvalue weighted by Gasteiger charge is -2.06. The fraction of sp³-hybridized carbons (Fsp3) is 0.182. The van der Waals surface area contributed by atoms with Crippen LogP contribution in [0.4, 0.5) is 14.5 Å². The van der Waals surface area contributed by atoms with E-state index in [4.69, 9.17) is 0 Å². The normalized spacial score (nSPS) is 10.4. The minimum atomic E-state index is -0.477. The molecule has 1 heterocycles. The molecule has 0 atom stereocenters. The molecule has 0 aliphatic rings. The Balaban J connectivity index is 2.10. The summed E-state index contributed by atoms with van der Waals surface area (Å²) in [5.41, 5.74) is 1.83. The lowest BCUT2D eigenvalue weighted by molar-refractivity contribution is 0.602. The largest absolute Gasteiger partial charge is 0.377 e.